The van der Waals surface area contributed by atoms with Gasteiger partial charge in [0.25, 0.3) is 5.91 Å². The number of nitrogens with zero attached hydrogens (tertiary/aromatic N) is 4. The third kappa shape index (κ3) is 3.72. The molecule has 2 rings (SSSR count). The molecule has 21 heavy (non-hydrogen) atoms. The van der Waals surface area contributed by atoms with Crippen molar-refractivity contribution in [1.29, 1.82) is 0 Å². The number of aromatic nitrogens is 4. The highest BCUT2D eigenvalue weighted by molar-refractivity contribution is 7.09. The normalized spacial score (nSPS) is 10.7. The van der Waals surface area contributed by atoms with Crippen molar-refractivity contribution in [2.45, 2.75) is 33.6 Å². The van der Waals surface area contributed by atoms with Crippen molar-refractivity contribution in [3.8, 4) is 0 Å². The van der Waals surface area contributed by atoms with E-state index in [4.69, 9.17) is 0 Å². The van der Waals surface area contributed by atoms with Gasteiger partial charge in [-0.05, 0) is 13.8 Å². The molecule has 8 heteroatoms. The standard InChI is InChI=1S/C13H18N6OS/c1-5-14-9-6-15-11(7(2)3)17-10(9)12(20)18-13-16-8(4)19-21-13/h6-7,14H,5H2,1-4H3,(H,16,18,19,20). The van der Waals surface area contributed by atoms with Gasteiger partial charge in [-0.1, -0.05) is 13.8 Å². The number of anilines is 2. The van der Waals surface area contributed by atoms with E-state index in [9.17, 15) is 4.79 Å². The average Bonchev–Trinajstić information content (AvgIpc) is 2.84. The van der Waals surface area contributed by atoms with Crippen LogP contribution in [0.15, 0.2) is 6.20 Å². The topological polar surface area (TPSA) is 92.7 Å². The molecule has 0 aliphatic rings. The van der Waals surface area contributed by atoms with Crippen LogP contribution in [-0.2, 0) is 0 Å². The van der Waals surface area contributed by atoms with E-state index in [0.717, 1.165) is 11.5 Å². The van der Waals surface area contributed by atoms with Gasteiger partial charge in [0.05, 0.1) is 11.9 Å². The van der Waals surface area contributed by atoms with E-state index in [1.54, 1.807) is 13.1 Å². The SMILES string of the molecule is CCNc1cnc(C(C)C)nc1C(=O)Nc1nc(C)ns1. The Morgan fingerprint density at radius 1 is 1.38 bits per heavy atom. The fourth-order valence-corrected chi connectivity index (χ4v) is 2.24. The maximum atomic E-state index is 12.4. The number of nitrogens with one attached hydrogen (secondary N) is 2. The lowest BCUT2D eigenvalue weighted by Crippen LogP contribution is -2.18. The van der Waals surface area contributed by atoms with Gasteiger partial charge >= 0.3 is 0 Å². The molecule has 0 radical (unpaired) electrons. The Morgan fingerprint density at radius 3 is 2.71 bits per heavy atom. The van der Waals surface area contributed by atoms with Gasteiger partial charge in [0.15, 0.2) is 5.69 Å². The van der Waals surface area contributed by atoms with Gasteiger partial charge in [0.2, 0.25) is 5.13 Å². The molecule has 0 atom stereocenters. The Hall–Kier alpha value is -2.09. The summed E-state index contributed by atoms with van der Waals surface area (Å²) in [7, 11) is 0. The first-order valence-electron chi connectivity index (χ1n) is 6.73. The van der Waals surface area contributed by atoms with Crippen molar-refractivity contribution in [3.63, 3.8) is 0 Å². The van der Waals surface area contributed by atoms with Crippen molar-refractivity contribution in [2.24, 2.45) is 0 Å². The molecule has 2 aromatic rings. The molecule has 0 saturated heterocycles. The molecule has 112 valence electrons. The van der Waals surface area contributed by atoms with E-state index < -0.39 is 0 Å². The number of aryl methyl sites for hydroxylation is 1. The highest BCUT2D eigenvalue weighted by Gasteiger charge is 2.17. The molecule has 0 fully saturated rings. The van der Waals surface area contributed by atoms with Crippen LogP contribution in [0.2, 0.25) is 0 Å². The molecular weight excluding hydrogens is 288 g/mol. The quantitative estimate of drug-likeness (QED) is 0.881. The number of hydrogen-bond acceptors (Lipinski definition) is 7. The van der Waals surface area contributed by atoms with E-state index in [1.165, 1.54) is 0 Å². The van der Waals surface area contributed by atoms with Crippen LogP contribution in [0.1, 0.15) is 48.8 Å². The third-order valence-corrected chi connectivity index (χ3v) is 3.38. The maximum Gasteiger partial charge on any atom is 0.278 e. The minimum absolute atomic E-state index is 0.149. The molecule has 0 aliphatic heterocycles. The fourth-order valence-electron chi connectivity index (χ4n) is 1.67. The van der Waals surface area contributed by atoms with Gasteiger partial charge in [-0.3, -0.25) is 10.1 Å². The van der Waals surface area contributed by atoms with Crippen LogP contribution in [0, 0.1) is 6.92 Å². The molecule has 0 spiro atoms. The van der Waals surface area contributed by atoms with Crippen molar-refractivity contribution in [3.05, 3.63) is 23.5 Å². The zero-order valence-electron chi connectivity index (χ0n) is 12.5. The van der Waals surface area contributed by atoms with Gasteiger partial charge in [-0.15, -0.1) is 0 Å². The van der Waals surface area contributed by atoms with Crippen molar-refractivity contribution in [1.82, 2.24) is 19.3 Å². The lowest BCUT2D eigenvalue weighted by Gasteiger charge is -2.11. The fraction of sp³-hybridized carbons (Fsp3) is 0.462. The largest absolute Gasteiger partial charge is 0.382 e. The van der Waals surface area contributed by atoms with Crippen LogP contribution in [-0.4, -0.2) is 31.8 Å². The molecule has 0 bridgehead atoms. The highest BCUT2D eigenvalue weighted by atomic mass is 32.1. The number of hydrogen-bond donors (Lipinski definition) is 2. The first kappa shape index (κ1) is 15.3. The highest BCUT2D eigenvalue weighted by Crippen LogP contribution is 2.18. The number of carbonyl (C=O) groups is 1. The van der Waals surface area contributed by atoms with Crippen LogP contribution < -0.4 is 10.6 Å². The minimum atomic E-state index is -0.314. The van der Waals surface area contributed by atoms with Crippen LogP contribution in [0.5, 0.6) is 0 Å². The summed E-state index contributed by atoms with van der Waals surface area (Å²) >= 11 is 1.15. The van der Waals surface area contributed by atoms with Gasteiger partial charge in [0, 0.05) is 24.0 Å². The zero-order chi connectivity index (χ0) is 15.4. The molecule has 0 aromatic carbocycles. The summed E-state index contributed by atoms with van der Waals surface area (Å²) < 4.78 is 4.04. The number of rotatable bonds is 5. The van der Waals surface area contributed by atoms with E-state index in [2.05, 4.69) is 30.0 Å². The summed E-state index contributed by atoms with van der Waals surface area (Å²) in [5.41, 5.74) is 0.934. The predicted octanol–water partition coefficient (Wildman–Crippen LogP) is 2.44. The van der Waals surface area contributed by atoms with Crippen molar-refractivity contribution < 1.29 is 4.79 Å². The Balaban J connectivity index is 2.30. The van der Waals surface area contributed by atoms with Crippen LogP contribution in [0.25, 0.3) is 0 Å². The minimum Gasteiger partial charge on any atom is -0.382 e. The molecule has 0 saturated carbocycles. The first-order valence-corrected chi connectivity index (χ1v) is 7.51. The first-order chi connectivity index (χ1) is 10.0. The number of carbonyl (C=O) groups excluding carboxylic acids is 1. The van der Waals surface area contributed by atoms with Gasteiger partial charge in [-0.2, -0.15) is 4.37 Å². The van der Waals surface area contributed by atoms with Crippen LogP contribution >= 0.6 is 11.5 Å². The third-order valence-electron chi connectivity index (χ3n) is 2.65. The summed E-state index contributed by atoms with van der Waals surface area (Å²) in [4.78, 5) is 25.1. The molecule has 0 unspecified atom stereocenters. The molecule has 1 amide bonds. The lowest BCUT2D eigenvalue weighted by molar-refractivity contribution is 0.102. The monoisotopic (exact) mass is 306 g/mol. The van der Waals surface area contributed by atoms with Crippen molar-refractivity contribution in [2.75, 3.05) is 17.2 Å². The summed E-state index contributed by atoms with van der Waals surface area (Å²) in [6, 6.07) is 0. The van der Waals surface area contributed by atoms with Gasteiger partial charge < -0.3 is 5.32 Å². The summed E-state index contributed by atoms with van der Waals surface area (Å²) in [6.07, 6.45) is 1.64. The number of amides is 1. The van der Waals surface area contributed by atoms with E-state index in [0.29, 0.717) is 34.7 Å². The van der Waals surface area contributed by atoms with E-state index in [1.807, 2.05) is 20.8 Å². The Kier molecular flexibility index (Phi) is 4.79. The lowest BCUT2D eigenvalue weighted by atomic mass is 10.2. The summed E-state index contributed by atoms with van der Waals surface area (Å²) in [6.45, 7) is 8.38. The molecular formula is C13H18N6OS. The Bertz CT molecular complexity index is 639. The van der Waals surface area contributed by atoms with E-state index >= 15 is 0 Å². The summed E-state index contributed by atoms with van der Waals surface area (Å²) in [5, 5.41) is 6.28. The maximum absolute atomic E-state index is 12.4. The summed E-state index contributed by atoms with van der Waals surface area (Å²) in [5.74, 6) is 1.10. The Morgan fingerprint density at radius 2 is 2.14 bits per heavy atom. The van der Waals surface area contributed by atoms with Gasteiger partial charge in [-0.25, -0.2) is 15.0 Å². The molecule has 7 nitrogen and oxygen atoms in total. The molecule has 2 heterocycles. The molecule has 2 aromatic heterocycles. The predicted molar refractivity (Wildman–Crippen MR) is 82.9 cm³/mol. The zero-order valence-corrected chi connectivity index (χ0v) is 13.3. The molecule has 0 aliphatic carbocycles. The van der Waals surface area contributed by atoms with Crippen molar-refractivity contribution >= 4 is 28.3 Å². The molecule has 2 N–H and O–H groups in total. The second kappa shape index (κ2) is 6.57. The van der Waals surface area contributed by atoms with Gasteiger partial charge in [0.1, 0.15) is 11.6 Å². The van der Waals surface area contributed by atoms with E-state index in [-0.39, 0.29) is 11.8 Å². The smallest absolute Gasteiger partial charge is 0.278 e. The second-order valence-corrected chi connectivity index (χ2v) is 5.53. The van der Waals surface area contributed by atoms with Crippen LogP contribution in [0.4, 0.5) is 10.8 Å². The second-order valence-electron chi connectivity index (χ2n) is 4.78. The average molecular weight is 306 g/mol. The van der Waals surface area contributed by atoms with Crippen LogP contribution in [0.3, 0.4) is 0 Å². The Labute approximate surface area is 127 Å².